The third-order valence-electron chi connectivity index (χ3n) is 6.11. The predicted molar refractivity (Wildman–Crippen MR) is 128 cm³/mol. The molecule has 1 heterocycles. The van der Waals surface area contributed by atoms with Gasteiger partial charge >= 0.3 is 5.97 Å². The lowest BCUT2D eigenvalue weighted by Gasteiger charge is -2.37. The van der Waals surface area contributed by atoms with Crippen LogP contribution < -0.4 is 5.32 Å². The Morgan fingerprint density at radius 3 is 2.43 bits per heavy atom. The van der Waals surface area contributed by atoms with Gasteiger partial charge in [-0.05, 0) is 55.9 Å². The minimum absolute atomic E-state index is 0.0190. The molecule has 2 aliphatic rings. The van der Waals surface area contributed by atoms with Gasteiger partial charge in [0.1, 0.15) is 0 Å². The number of aliphatic hydroxyl groups is 1. The molecule has 9 heteroatoms. The highest BCUT2D eigenvalue weighted by molar-refractivity contribution is 5.92. The van der Waals surface area contributed by atoms with E-state index in [4.69, 9.17) is 28.8 Å². The van der Waals surface area contributed by atoms with Crippen LogP contribution in [0.15, 0.2) is 36.1 Å². The van der Waals surface area contributed by atoms with Crippen LogP contribution in [-0.2, 0) is 28.5 Å². The van der Waals surface area contributed by atoms with Gasteiger partial charge in [-0.2, -0.15) is 0 Å². The normalized spacial score (nSPS) is 21.7. The van der Waals surface area contributed by atoms with Crippen molar-refractivity contribution in [3.05, 3.63) is 47.2 Å². The number of esters is 1. The summed E-state index contributed by atoms with van der Waals surface area (Å²) in [5, 5.41) is 11.8. The van der Waals surface area contributed by atoms with Gasteiger partial charge in [-0.15, -0.1) is 0 Å². The van der Waals surface area contributed by atoms with Crippen molar-refractivity contribution in [2.24, 2.45) is 11.8 Å². The fourth-order valence-corrected chi connectivity index (χ4v) is 4.03. The van der Waals surface area contributed by atoms with Crippen molar-refractivity contribution in [2.45, 2.75) is 38.4 Å². The number of amides is 1. The molecule has 1 aliphatic heterocycles. The Hall–Kier alpha value is -2.46. The molecule has 9 nitrogen and oxygen atoms in total. The standard InChI is InChI=1S/C26H37NO8/c1-3-34-26-21(10-12-32-14-15-33-13-11-28)22(19-6-8-20(9-7-19)25(30)31-2)16-23(35-26)24(29)27-17-18-4-5-18/h6-9,16,18,21-22,26,28H,3-5,10-15,17H2,1-2H3,(H,27,29)/t21-,22+,26+/m0/s1. The first kappa shape index (κ1) is 27.1. The maximum absolute atomic E-state index is 12.9. The topological polar surface area (TPSA) is 113 Å². The van der Waals surface area contributed by atoms with Crippen LogP contribution in [0.3, 0.4) is 0 Å². The van der Waals surface area contributed by atoms with E-state index in [-0.39, 0.29) is 36.7 Å². The fourth-order valence-electron chi connectivity index (χ4n) is 4.03. The molecule has 0 spiro atoms. The number of nitrogens with one attached hydrogen (secondary N) is 1. The Bertz CT molecular complexity index is 836. The number of hydrogen-bond donors (Lipinski definition) is 2. The Balaban J connectivity index is 1.76. The highest BCUT2D eigenvalue weighted by atomic mass is 16.7. The summed E-state index contributed by atoms with van der Waals surface area (Å²) in [6.07, 6.45) is 4.14. The number of aliphatic hydroxyl groups excluding tert-OH is 1. The summed E-state index contributed by atoms with van der Waals surface area (Å²) >= 11 is 0. The molecule has 0 radical (unpaired) electrons. The molecule has 3 rings (SSSR count). The summed E-state index contributed by atoms with van der Waals surface area (Å²) in [7, 11) is 1.35. The van der Waals surface area contributed by atoms with Crippen LogP contribution in [0.1, 0.15) is 48.0 Å². The van der Waals surface area contributed by atoms with Gasteiger partial charge in [0.2, 0.25) is 6.29 Å². The average molecular weight is 492 g/mol. The summed E-state index contributed by atoms with van der Waals surface area (Å²) in [5.74, 6) is -0.132. The first-order valence-corrected chi connectivity index (χ1v) is 12.3. The largest absolute Gasteiger partial charge is 0.465 e. The number of ether oxygens (including phenoxy) is 5. The molecule has 0 aromatic heterocycles. The molecule has 1 saturated carbocycles. The van der Waals surface area contributed by atoms with Crippen molar-refractivity contribution >= 4 is 11.9 Å². The van der Waals surface area contributed by atoms with Crippen LogP contribution in [0.4, 0.5) is 0 Å². The number of carbonyl (C=O) groups excluding carboxylic acids is 2. The zero-order valence-electron chi connectivity index (χ0n) is 20.6. The monoisotopic (exact) mass is 491 g/mol. The highest BCUT2D eigenvalue weighted by Crippen LogP contribution is 2.39. The van der Waals surface area contributed by atoms with Crippen molar-refractivity contribution in [3.63, 3.8) is 0 Å². The molecule has 0 saturated heterocycles. The minimum atomic E-state index is -0.619. The second-order valence-corrected chi connectivity index (χ2v) is 8.67. The van der Waals surface area contributed by atoms with E-state index in [1.807, 2.05) is 25.1 Å². The summed E-state index contributed by atoms with van der Waals surface area (Å²) in [6, 6.07) is 7.19. The number of methoxy groups -OCH3 is 1. The first-order valence-electron chi connectivity index (χ1n) is 12.3. The van der Waals surface area contributed by atoms with Crippen LogP contribution in [0, 0.1) is 11.8 Å². The molecule has 0 bridgehead atoms. The van der Waals surface area contributed by atoms with E-state index in [9.17, 15) is 9.59 Å². The molecule has 35 heavy (non-hydrogen) atoms. The Labute approximate surface area is 206 Å². The van der Waals surface area contributed by atoms with Crippen LogP contribution in [-0.4, -0.2) is 76.6 Å². The Morgan fingerprint density at radius 1 is 1.09 bits per heavy atom. The lowest BCUT2D eigenvalue weighted by molar-refractivity contribution is -0.168. The van der Waals surface area contributed by atoms with E-state index in [0.29, 0.717) is 50.9 Å². The van der Waals surface area contributed by atoms with E-state index in [1.54, 1.807) is 12.1 Å². The smallest absolute Gasteiger partial charge is 0.337 e. The van der Waals surface area contributed by atoms with Gasteiger partial charge in [0, 0.05) is 31.6 Å². The highest BCUT2D eigenvalue weighted by Gasteiger charge is 2.38. The second-order valence-electron chi connectivity index (χ2n) is 8.67. The maximum atomic E-state index is 12.9. The molecule has 3 atom stereocenters. The maximum Gasteiger partial charge on any atom is 0.337 e. The molecule has 1 fully saturated rings. The van der Waals surface area contributed by atoms with Crippen LogP contribution >= 0.6 is 0 Å². The second kappa shape index (κ2) is 14.2. The first-order chi connectivity index (χ1) is 17.1. The average Bonchev–Trinajstić information content (AvgIpc) is 3.71. The predicted octanol–water partition coefficient (Wildman–Crippen LogP) is 2.39. The molecular weight excluding hydrogens is 454 g/mol. The van der Waals surface area contributed by atoms with Gasteiger partial charge in [0.25, 0.3) is 5.91 Å². The molecule has 1 aromatic carbocycles. The van der Waals surface area contributed by atoms with E-state index in [2.05, 4.69) is 5.32 Å². The molecule has 1 aliphatic carbocycles. The number of carbonyl (C=O) groups is 2. The lowest BCUT2D eigenvalue weighted by Crippen LogP contribution is -2.39. The molecule has 1 amide bonds. The van der Waals surface area contributed by atoms with Crippen molar-refractivity contribution in [1.82, 2.24) is 5.32 Å². The molecular formula is C26H37NO8. The van der Waals surface area contributed by atoms with Crippen molar-refractivity contribution in [1.29, 1.82) is 0 Å². The zero-order chi connectivity index (χ0) is 25.0. The summed E-state index contributed by atoms with van der Waals surface area (Å²) in [5.41, 5.74) is 1.40. The molecule has 2 N–H and O–H groups in total. The Kier molecular flexibility index (Phi) is 11.0. The van der Waals surface area contributed by atoms with Gasteiger partial charge in [0.15, 0.2) is 5.76 Å². The SMILES string of the molecule is CCO[C@@H]1OC(C(=O)NCC2CC2)=C[C@H](c2ccc(C(=O)OC)cc2)[C@@H]1CCOCCOCCO. The molecule has 1 aromatic rings. The van der Waals surface area contributed by atoms with Crippen molar-refractivity contribution in [2.75, 3.05) is 53.3 Å². The van der Waals surface area contributed by atoms with Gasteiger partial charge in [0.05, 0.1) is 39.1 Å². The van der Waals surface area contributed by atoms with Gasteiger partial charge in [-0.25, -0.2) is 4.79 Å². The molecule has 0 unspecified atom stereocenters. The van der Waals surface area contributed by atoms with E-state index in [0.717, 1.165) is 18.4 Å². The quantitative estimate of drug-likeness (QED) is 0.284. The third-order valence-corrected chi connectivity index (χ3v) is 6.11. The molecule has 194 valence electrons. The number of hydrogen-bond acceptors (Lipinski definition) is 8. The summed E-state index contributed by atoms with van der Waals surface area (Å²) in [4.78, 5) is 24.7. The minimum Gasteiger partial charge on any atom is -0.465 e. The summed E-state index contributed by atoms with van der Waals surface area (Å²) in [6.45, 7) is 4.50. The van der Waals surface area contributed by atoms with Gasteiger partial charge < -0.3 is 34.1 Å². The summed E-state index contributed by atoms with van der Waals surface area (Å²) < 4.78 is 27.7. The van der Waals surface area contributed by atoms with Crippen molar-refractivity contribution < 1.29 is 38.4 Å². The van der Waals surface area contributed by atoms with E-state index < -0.39 is 12.3 Å². The van der Waals surface area contributed by atoms with Gasteiger partial charge in [-0.3, -0.25) is 4.79 Å². The number of allylic oxidation sites excluding steroid dienone is 1. The fraction of sp³-hybridized carbons (Fsp3) is 0.615. The van der Waals surface area contributed by atoms with Crippen LogP contribution in [0.25, 0.3) is 0 Å². The zero-order valence-corrected chi connectivity index (χ0v) is 20.6. The number of rotatable bonds is 15. The third kappa shape index (κ3) is 8.31. The lowest BCUT2D eigenvalue weighted by atomic mass is 9.81. The number of benzene rings is 1. The Morgan fingerprint density at radius 2 is 1.80 bits per heavy atom. The van der Waals surface area contributed by atoms with Crippen molar-refractivity contribution in [3.8, 4) is 0 Å². The van der Waals surface area contributed by atoms with E-state index in [1.165, 1.54) is 7.11 Å². The van der Waals surface area contributed by atoms with E-state index >= 15 is 0 Å². The van der Waals surface area contributed by atoms with Crippen LogP contribution in [0.5, 0.6) is 0 Å². The van der Waals surface area contributed by atoms with Crippen LogP contribution in [0.2, 0.25) is 0 Å². The van der Waals surface area contributed by atoms with Gasteiger partial charge in [-0.1, -0.05) is 12.1 Å².